The predicted molar refractivity (Wildman–Crippen MR) is 139 cm³/mol. The number of benzene rings is 2. The van der Waals surface area contributed by atoms with Gasteiger partial charge in [-0.25, -0.2) is 14.6 Å². The Morgan fingerprint density at radius 2 is 1.68 bits per heavy atom. The summed E-state index contributed by atoms with van der Waals surface area (Å²) in [6.07, 6.45) is 1.22. The van der Waals surface area contributed by atoms with Crippen molar-refractivity contribution in [2.75, 3.05) is 20.8 Å². The molecule has 0 aliphatic carbocycles. The number of nitrogens with zero attached hydrogens (tertiary/aromatic N) is 1. The highest BCUT2D eigenvalue weighted by molar-refractivity contribution is 5.89. The molecule has 9 nitrogen and oxygen atoms in total. The van der Waals surface area contributed by atoms with E-state index in [9.17, 15) is 9.59 Å². The summed E-state index contributed by atoms with van der Waals surface area (Å²) in [5, 5.41) is 0. The van der Waals surface area contributed by atoms with Crippen LogP contribution in [0.1, 0.15) is 33.5 Å². The molecule has 0 spiro atoms. The van der Waals surface area contributed by atoms with Crippen molar-refractivity contribution in [3.8, 4) is 28.5 Å². The van der Waals surface area contributed by atoms with Gasteiger partial charge in [0.05, 0.1) is 19.9 Å². The van der Waals surface area contributed by atoms with Crippen LogP contribution in [0.3, 0.4) is 0 Å². The molecule has 0 fully saturated rings. The second kappa shape index (κ2) is 12.6. The maximum atomic E-state index is 12.6. The van der Waals surface area contributed by atoms with Crippen LogP contribution in [0.2, 0.25) is 0 Å². The molecule has 4 aromatic rings. The van der Waals surface area contributed by atoms with Gasteiger partial charge >= 0.3 is 11.9 Å². The molecular weight excluding hydrogens is 488 g/mol. The van der Waals surface area contributed by atoms with Gasteiger partial charge in [0.25, 0.3) is 0 Å². The number of hydrogen-bond donors (Lipinski definition) is 1. The third-order valence-corrected chi connectivity index (χ3v) is 5.41. The lowest BCUT2D eigenvalue weighted by atomic mass is 10.1. The second-order valence-electron chi connectivity index (χ2n) is 8.40. The Bertz CT molecular complexity index is 1370. The Hall–Kier alpha value is -4.63. The molecule has 0 amide bonds. The van der Waals surface area contributed by atoms with Gasteiger partial charge in [0.2, 0.25) is 0 Å². The van der Waals surface area contributed by atoms with Crippen molar-refractivity contribution in [3.63, 3.8) is 0 Å². The molecule has 0 saturated heterocycles. The number of hydrogen-bond acceptors (Lipinski definition) is 8. The highest BCUT2D eigenvalue weighted by Crippen LogP contribution is 2.33. The molecule has 196 valence electrons. The van der Waals surface area contributed by atoms with E-state index in [0.29, 0.717) is 35.2 Å². The quantitative estimate of drug-likeness (QED) is 0.263. The molecule has 2 aromatic heterocycles. The van der Waals surface area contributed by atoms with E-state index in [1.165, 1.54) is 19.4 Å². The molecule has 0 unspecified atom stereocenters. The van der Waals surface area contributed by atoms with Crippen molar-refractivity contribution in [2.45, 2.75) is 19.6 Å². The van der Waals surface area contributed by atoms with Crippen LogP contribution in [0.5, 0.6) is 17.2 Å². The fourth-order valence-electron chi connectivity index (χ4n) is 3.64. The molecule has 9 heteroatoms. The van der Waals surface area contributed by atoms with Gasteiger partial charge in [0.15, 0.2) is 0 Å². The first-order valence-electron chi connectivity index (χ1n) is 11.9. The van der Waals surface area contributed by atoms with Crippen molar-refractivity contribution >= 4 is 11.9 Å². The first-order chi connectivity index (χ1) is 18.4. The Labute approximate surface area is 220 Å². The molecule has 2 heterocycles. The van der Waals surface area contributed by atoms with E-state index in [2.05, 4.69) is 14.7 Å². The Morgan fingerprint density at radius 1 is 0.895 bits per heavy atom. The molecule has 0 aliphatic heterocycles. The minimum absolute atomic E-state index is 0.170. The summed E-state index contributed by atoms with van der Waals surface area (Å²) in [4.78, 5) is 31.4. The monoisotopic (exact) mass is 516 g/mol. The highest BCUT2D eigenvalue weighted by atomic mass is 16.5. The van der Waals surface area contributed by atoms with Gasteiger partial charge in [0.1, 0.15) is 41.3 Å². The number of H-pyrrole nitrogens is 1. The summed E-state index contributed by atoms with van der Waals surface area (Å²) in [6.45, 7) is 2.47. The summed E-state index contributed by atoms with van der Waals surface area (Å²) in [5.41, 5.74) is 2.79. The highest BCUT2D eigenvalue weighted by Gasteiger charge is 2.15. The molecular formula is C29H28N2O7. The normalized spacial score (nSPS) is 11.4. The van der Waals surface area contributed by atoms with Crippen LogP contribution in [0, 0.1) is 0 Å². The summed E-state index contributed by atoms with van der Waals surface area (Å²) in [5.74, 6) is 0.435. The lowest BCUT2D eigenvalue weighted by Gasteiger charge is -2.16. The zero-order valence-electron chi connectivity index (χ0n) is 21.3. The number of esters is 2. The van der Waals surface area contributed by atoms with Gasteiger partial charge in [-0.3, -0.25) is 0 Å². The van der Waals surface area contributed by atoms with E-state index in [-0.39, 0.29) is 18.4 Å². The van der Waals surface area contributed by atoms with Crippen molar-refractivity contribution in [1.82, 2.24) is 9.97 Å². The SMILES string of the molecule is COC[C@H](C)Oc1cc(Oc2ccc(C(=O)OC)nc2)cc(-c2ccc(C(=O)OCc3ccccc3)[nH]2)c1. The van der Waals surface area contributed by atoms with Gasteiger partial charge in [0, 0.05) is 24.4 Å². The van der Waals surface area contributed by atoms with Crippen molar-refractivity contribution in [1.29, 1.82) is 0 Å². The minimum Gasteiger partial charge on any atom is -0.488 e. The van der Waals surface area contributed by atoms with Crippen LogP contribution < -0.4 is 9.47 Å². The summed E-state index contributed by atoms with van der Waals surface area (Å²) >= 11 is 0. The van der Waals surface area contributed by atoms with Crippen molar-refractivity contribution in [3.05, 3.63) is 95.9 Å². The molecule has 0 radical (unpaired) electrons. The third kappa shape index (κ3) is 6.98. The van der Waals surface area contributed by atoms with Crippen LogP contribution in [0.4, 0.5) is 0 Å². The van der Waals surface area contributed by atoms with Crippen molar-refractivity contribution in [2.24, 2.45) is 0 Å². The van der Waals surface area contributed by atoms with Crippen LogP contribution >= 0.6 is 0 Å². The summed E-state index contributed by atoms with van der Waals surface area (Å²) in [6, 6.07) is 21.4. The van der Waals surface area contributed by atoms with E-state index < -0.39 is 11.9 Å². The smallest absolute Gasteiger partial charge is 0.356 e. The summed E-state index contributed by atoms with van der Waals surface area (Å²) in [7, 11) is 2.90. The molecule has 0 bridgehead atoms. The maximum Gasteiger partial charge on any atom is 0.356 e. The topological polar surface area (TPSA) is 109 Å². The average molecular weight is 517 g/mol. The van der Waals surface area contributed by atoms with E-state index in [4.69, 9.17) is 18.9 Å². The maximum absolute atomic E-state index is 12.6. The molecule has 2 aromatic carbocycles. The fourth-order valence-corrected chi connectivity index (χ4v) is 3.64. The van der Waals surface area contributed by atoms with Gasteiger partial charge in [-0.05, 0) is 48.9 Å². The molecule has 1 atom stereocenters. The number of ether oxygens (including phenoxy) is 5. The lowest BCUT2D eigenvalue weighted by Crippen LogP contribution is -2.17. The molecule has 38 heavy (non-hydrogen) atoms. The molecule has 0 saturated carbocycles. The average Bonchev–Trinajstić information content (AvgIpc) is 3.43. The number of aromatic nitrogens is 2. The van der Waals surface area contributed by atoms with E-state index >= 15 is 0 Å². The van der Waals surface area contributed by atoms with Gasteiger partial charge in [-0.1, -0.05) is 30.3 Å². The Morgan fingerprint density at radius 3 is 2.39 bits per heavy atom. The number of aromatic amines is 1. The minimum atomic E-state index is -0.536. The van der Waals surface area contributed by atoms with Crippen LogP contribution in [0.25, 0.3) is 11.3 Å². The number of pyridine rings is 1. The Balaban J connectivity index is 1.55. The van der Waals surface area contributed by atoms with Gasteiger partial charge < -0.3 is 28.7 Å². The largest absolute Gasteiger partial charge is 0.488 e. The Kier molecular flexibility index (Phi) is 8.73. The zero-order valence-corrected chi connectivity index (χ0v) is 21.3. The summed E-state index contributed by atoms with van der Waals surface area (Å²) < 4.78 is 27.3. The van der Waals surface area contributed by atoms with Gasteiger partial charge in [-0.15, -0.1) is 0 Å². The number of methoxy groups -OCH3 is 2. The zero-order chi connectivity index (χ0) is 26.9. The first-order valence-corrected chi connectivity index (χ1v) is 11.9. The number of nitrogens with one attached hydrogen (secondary N) is 1. The fraction of sp³-hybridized carbons (Fsp3) is 0.207. The second-order valence-corrected chi connectivity index (χ2v) is 8.40. The first kappa shape index (κ1) is 26.4. The lowest BCUT2D eigenvalue weighted by molar-refractivity contribution is 0.0466. The molecule has 1 N–H and O–H groups in total. The number of carbonyl (C=O) groups excluding carboxylic acids is 2. The third-order valence-electron chi connectivity index (χ3n) is 5.41. The van der Waals surface area contributed by atoms with E-state index in [0.717, 1.165) is 11.1 Å². The van der Waals surface area contributed by atoms with Crippen LogP contribution in [-0.4, -0.2) is 48.8 Å². The van der Waals surface area contributed by atoms with Crippen LogP contribution in [0.15, 0.2) is 79.0 Å². The predicted octanol–water partition coefficient (Wildman–Crippen LogP) is 5.43. The van der Waals surface area contributed by atoms with Crippen LogP contribution in [-0.2, 0) is 20.8 Å². The molecule has 0 aliphatic rings. The number of carbonyl (C=O) groups is 2. The van der Waals surface area contributed by atoms with E-state index in [1.54, 1.807) is 37.4 Å². The number of rotatable bonds is 11. The van der Waals surface area contributed by atoms with E-state index in [1.807, 2.05) is 43.3 Å². The standard InChI is InChI=1S/C29H28N2O7/c1-19(17-34-2)37-23-13-21(14-24(15-23)38-22-9-10-26(30-16-22)28(32)35-3)25-11-12-27(31-25)29(33)36-18-20-7-5-4-6-8-20/h4-16,19,31H,17-18H2,1-3H3/t19-/m0/s1. The van der Waals surface area contributed by atoms with Crippen molar-refractivity contribution < 1.29 is 33.3 Å². The van der Waals surface area contributed by atoms with Gasteiger partial charge in [-0.2, -0.15) is 0 Å². The molecule has 4 rings (SSSR count).